The minimum Gasteiger partial charge on any atom is -0.350 e. The van der Waals surface area contributed by atoms with Crippen molar-refractivity contribution in [2.75, 3.05) is 27.2 Å². The molecule has 2 aliphatic rings. The van der Waals surface area contributed by atoms with Gasteiger partial charge in [0.25, 0.3) is 0 Å². The molecule has 5 rings (SSSR count). The zero-order valence-corrected chi connectivity index (χ0v) is 17.8. The first-order valence-corrected chi connectivity index (χ1v) is 10.8. The summed E-state index contributed by atoms with van der Waals surface area (Å²) < 4.78 is 29.7. The van der Waals surface area contributed by atoms with E-state index in [0.717, 1.165) is 37.1 Å². The summed E-state index contributed by atoms with van der Waals surface area (Å²) in [5.74, 6) is -0.396. The molecule has 0 saturated heterocycles. The van der Waals surface area contributed by atoms with Gasteiger partial charge in [-0.1, -0.05) is 0 Å². The smallest absolute Gasteiger partial charge is 0.141 e. The van der Waals surface area contributed by atoms with Crippen LogP contribution in [0.3, 0.4) is 0 Å². The fourth-order valence-electron chi connectivity index (χ4n) is 5.71. The number of halogens is 2. The van der Waals surface area contributed by atoms with Gasteiger partial charge in [0, 0.05) is 53.5 Å². The van der Waals surface area contributed by atoms with Crippen molar-refractivity contribution in [1.29, 1.82) is 0 Å². The van der Waals surface area contributed by atoms with Gasteiger partial charge in [-0.3, -0.25) is 0 Å². The Kier molecular flexibility index (Phi) is 4.75. The van der Waals surface area contributed by atoms with Gasteiger partial charge in [-0.05, 0) is 48.5 Å². The Morgan fingerprint density at radius 2 is 1.07 bits per heavy atom. The average molecular weight is 410 g/mol. The van der Waals surface area contributed by atoms with E-state index in [9.17, 15) is 8.78 Å². The van der Waals surface area contributed by atoms with Crippen molar-refractivity contribution in [1.82, 2.24) is 4.57 Å². The SMILES string of the molecule is Cn1c2c(c3c1CC[NH+](C)[C@H]3c1ccc(F)cc1)[C@H](c1ccc(F)cc1)[NH+](C)CC2. The molecule has 3 aromatic rings. The van der Waals surface area contributed by atoms with Crippen LogP contribution in [-0.2, 0) is 19.9 Å². The second kappa shape index (κ2) is 7.33. The van der Waals surface area contributed by atoms with Crippen LogP contribution < -0.4 is 9.80 Å². The molecule has 0 bridgehead atoms. The normalized spacial score (nSPS) is 25.6. The van der Waals surface area contributed by atoms with Gasteiger partial charge < -0.3 is 14.4 Å². The lowest BCUT2D eigenvalue weighted by Gasteiger charge is -2.35. The predicted octanol–water partition coefficient (Wildman–Crippen LogP) is 1.62. The van der Waals surface area contributed by atoms with E-state index in [1.54, 1.807) is 24.3 Å². The van der Waals surface area contributed by atoms with Crippen molar-refractivity contribution < 1.29 is 18.6 Å². The third-order valence-corrected chi connectivity index (χ3v) is 7.20. The van der Waals surface area contributed by atoms with Gasteiger partial charge >= 0.3 is 0 Å². The average Bonchev–Trinajstić information content (AvgIpc) is 3.02. The van der Waals surface area contributed by atoms with Crippen molar-refractivity contribution in [3.63, 3.8) is 0 Å². The molecule has 30 heavy (non-hydrogen) atoms. The van der Waals surface area contributed by atoms with E-state index in [2.05, 4.69) is 25.7 Å². The van der Waals surface area contributed by atoms with Gasteiger partial charge in [0.05, 0.1) is 27.2 Å². The largest absolute Gasteiger partial charge is 0.350 e. The summed E-state index contributed by atoms with van der Waals surface area (Å²) in [5.41, 5.74) is 7.92. The molecule has 2 unspecified atom stereocenters. The van der Waals surface area contributed by atoms with Crippen LogP contribution >= 0.6 is 0 Å². The maximum Gasteiger partial charge on any atom is 0.141 e. The number of aromatic nitrogens is 1. The third kappa shape index (κ3) is 2.99. The van der Waals surface area contributed by atoms with Gasteiger partial charge in [0.15, 0.2) is 0 Å². The molecule has 0 radical (unpaired) electrons. The molecule has 2 N–H and O–H groups in total. The molecule has 0 saturated carbocycles. The van der Waals surface area contributed by atoms with Crippen molar-refractivity contribution >= 4 is 0 Å². The standard InChI is InChI=1S/C25H27F2N3/c1-28-14-12-20-22(24(28)16-4-8-18(26)9-5-16)23-21(30(20)3)13-15-29(2)25(23)17-6-10-19(27)11-7-17/h4-11,24-25H,12-15H2,1-3H3/p+2/t24-,25-/m0/s1. The zero-order chi connectivity index (χ0) is 21.0. The molecule has 0 aliphatic carbocycles. The molecule has 0 amide bonds. The van der Waals surface area contributed by atoms with Gasteiger partial charge in [0.2, 0.25) is 0 Å². The summed E-state index contributed by atoms with van der Waals surface area (Å²) in [6, 6.07) is 14.4. The van der Waals surface area contributed by atoms with Crippen LogP contribution in [0.1, 0.15) is 45.7 Å². The summed E-state index contributed by atoms with van der Waals surface area (Å²) in [4.78, 5) is 2.87. The molecule has 0 spiro atoms. The number of likely N-dealkylation sites (N-methyl/N-ethyl adjacent to an activating group) is 2. The fourth-order valence-corrected chi connectivity index (χ4v) is 5.71. The van der Waals surface area contributed by atoms with E-state index in [1.165, 1.54) is 32.3 Å². The van der Waals surface area contributed by atoms with E-state index in [4.69, 9.17) is 0 Å². The first kappa shape index (κ1) is 19.5. The Morgan fingerprint density at radius 1 is 0.700 bits per heavy atom. The molecule has 2 aliphatic heterocycles. The molecule has 0 fully saturated rings. The Hall–Kier alpha value is -2.50. The van der Waals surface area contributed by atoms with E-state index in [-0.39, 0.29) is 23.7 Å². The van der Waals surface area contributed by atoms with E-state index < -0.39 is 0 Å². The highest BCUT2D eigenvalue weighted by atomic mass is 19.1. The predicted molar refractivity (Wildman–Crippen MR) is 113 cm³/mol. The van der Waals surface area contributed by atoms with Crippen molar-refractivity contribution in [2.45, 2.75) is 24.9 Å². The highest BCUT2D eigenvalue weighted by Gasteiger charge is 2.43. The Bertz CT molecular complexity index is 984. The van der Waals surface area contributed by atoms with Crippen LogP contribution in [-0.4, -0.2) is 31.8 Å². The topological polar surface area (TPSA) is 13.8 Å². The van der Waals surface area contributed by atoms with Gasteiger partial charge in [0.1, 0.15) is 23.7 Å². The number of benzene rings is 2. The summed E-state index contributed by atoms with van der Waals surface area (Å²) in [6.45, 7) is 2.10. The summed E-state index contributed by atoms with van der Waals surface area (Å²) >= 11 is 0. The molecule has 3 nitrogen and oxygen atoms in total. The monoisotopic (exact) mass is 409 g/mol. The molecule has 2 aromatic carbocycles. The van der Waals surface area contributed by atoms with Crippen LogP contribution in [0.4, 0.5) is 8.78 Å². The lowest BCUT2D eigenvalue weighted by Crippen LogP contribution is -3.11. The molecule has 3 heterocycles. The lowest BCUT2D eigenvalue weighted by atomic mass is 9.83. The number of quaternary nitrogens is 2. The fraction of sp³-hybridized carbons (Fsp3) is 0.360. The number of nitrogens with zero attached hydrogens (tertiary/aromatic N) is 1. The molecule has 5 heteroatoms. The minimum absolute atomic E-state index is 0.179. The maximum absolute atomic E-state index is 13.6. The zero-order valence-electron chi connectivity index (χ0n) is 17.8. The number of rotatable bonds is 2. The number of hydrogen-bond donors (Lipinski definition) is 2. The maximum atomic E-state index is 13.6. The van der Waals surface area contributed by atoms with Gasteiger partial charge in [-0.15, -0.1) is 0 Å². The number of hydrogen-bond acceptors (Lipinski definition) is 0. The first-order valence-electron chi connectivity index (χ1n) is 10.8. The Morgan fingerprint density at radius 3 is 1.43 bits per heavy atom. The minimum atomic E-state index is -0.198. The van der Waals surface area contributed by atoms with Gasteiger partial charge in [-0.25, -0.2) is 8.78 Å². The summed E-state index contributed by atoms with van der Waals surface area (Å²) in [7, 11) is 6.67. The van der Waals surface area contributed by atoms with E-state index in [1.807, 2.05) is 24.3 Å². The molecule has 4 atom stereocenters. The summed E-state index contributed by atoms with van der Waals surface area (Å²) in [6.07, 6.45) is 2.08. The summed E-state index contributed by atoms with van der Waals surface area (Å²) in [5, 5.41) is 0. The van der Waals surface area contributed by atoms with Crippen molar-refractivity contribution in [2.24, 2.45) is 7.05 Å². The van der Waals surface area contributed by atoms with E-state index in [0.29, 0.717) is 0 Å². The second-order valence-corrected chi connectivity index (χ2v) is 8.94. The third-order valence-electron chi connectivity index (χ3n) is 7.20. The highest BCUT2D eigenvalue weighted by Crippen LogP contribution is 2.39. The number of nitrogens with one attached hydrogen (secondary N) is 2. The van der Waals surface area contributed by atoms with Crippen LogP contribution in [0.15, 0.2) is 48.5 Å². The first-order chi connectivity index (χ1) is 14.5. The van der Waals surface area contributed by atoms with Crippen LogP contribution in [0.5, 0.6) is 0 Å². The van der Waals surface area contributed by atoms with Crippen LogP contribution in [0, 0.1) is 11.6 Å². The quantitative estimate of drug-likeness (QED) is 0.639. The van der Waals surface area contributed by atoms with E-state index >= 15 is 0 Å². The Balaban J connectivity index is 1.73. The molecular formula is C25H29F2N3+2. The molecule has 1 aromatic heterocycles. The highest BCUT2D eigenvalue weighted by molar-refractivity contribution is 5.49. The van der Waals surface area contributed by atoms with Crippen LogP contribution in [0.25, 0.3) is 0 Å². The van der Waals surface area contributed by atoms with Crippen molar-refractivity contribution in [3.05, 3.63) is 93.8 Å². The van der Waals surface area contributed by atoms with Crippen molar-refractivity contribution in [3.8, 4) is 0 Å². The van der Waals surface area contributed by atoms with Crippen LogP contribution in [0.2, 0.25) is 0 Å². The molecular weight excluding hydrogens is 380 g/mol. The number of fused-ring (bicyclic) bond motifs is 3. The molecule has 156 valence electrons. The van der Waals surface area contributed by atoms with Gasteiger partial charge in [-0.2, -0.15) is 0 Å². The lowest BCUT2D eigenvalue weighted by molar-refractivity contribution is -0.912. The Labute approximate surface area is 176 Å². The second-order valence-electron chi connectivity index (χ2n) is 8.94.